The fourth-order valence-corrected chi connectivity index (χ4v) is 3.04. The van der Waals surface area contributed by atoms with Gasteiger partial charge in [0.15, 0.2) is 0 Å². The SMILES string of the molecule is Cc1c[n+]2c(n1CCCO)N=C1C2C(=O)N(CC(N)=O)C(=O)N1C. The highest BCUT2D eigenvalue weighted by Gasteiger charge is 2.53. The summed E-state index contributed by atoms with van der Waals surface area (Å²) in [5.41, 5.74) is 6.02. The van der Waals surface area contributed by atoms with Gasteiger partial charge in [0, 0.05) is 20.1 Å². The van der Waals surface area contributed by atoms with Crippen LogP contribution < -0.4 is 10.3 Å². The first-order valence-electron chi connectivity index (χ1n) is 7.55. The van der Waals surface area contributed by atoms with Gasteiger partial charge < -0.3 is 10.8 Å². The molecular formula is C14H19N6O4+. The van der Waals surface area contributed by atoms with E-state index in [2.05, 4.69) is 4.99 Å². The summed E-state index contributed by atoms with van der Waals surface area (Å²) in [6.07, 6.45) is 2.33. The molecule has 3 rings (SSSR count). The minimum atomic E-state index is -0.795. The lowest BCUT2D eigenvalue weighted by molar-refractivity contribution is -0.677. The third-order valence-corrected chi connectivity index (χ3v) is 4.18. The molecule has 0 aliphatic carbocycles. The van der Waals surface area contributed by atoms with Crippen LogP contribution in [0.4, 0.5) is 10.7 Å². The lowest BCUT2D eigenvalue weighted by Crippen LogP contribution is -2.63. The van der Waals surface area contributed by atoms with Crippen LogP contribution in [0.2, 0.25) is 0 Å². The summed E-state index contributed by atoms with van der Waals surface area (Å²) in [5.74, 6) is -0.433. The van der Waals surface area contributed by atoms with Crippen LogP contribution in [0.25, 0.3) is 0 Å². The summed E-state index contributed by atoms with van der Waals surface area (Å²) in [6.45, 7) is 2.00. The predicted molar refractivity (Wildman–Crippen MR) is 81.3 cm³/mol. The van der Waals surface area contributed by atoms with Gasteiger partial charge in [0.05, 0.1) is 6.54 Å². The number of primary amides is 1. The Morgan fingerprint density at radius 3 is 2.79 bits per heavy atom. The number of hydrogen-bond acceptors (Lipinski definition) is 5. The molecule has 2 aliphatic rings. The largest absolute Gasteiger partial charge is 0.401 e. The molecule has 0 radical (unpaired) electrons. The molecule has 1 atom stereocenters. The third kappa shape index (κ3) is 2.26. The number of aromatic nitrogens is 2. The van der Waals surface area contributed by atoms with Crippen molar-refractivity contribution in [3.05, 3.63) is 11.9 Å². The van der Waals surface area contributed by atoms with Crippen LogP contribution in [0.3, 0.4) is 0 Å². The van der Waals surface area contributed by atoms with Crippen molar-refractivity contribution in [3.8, 4) is 0 Å². The van der Waals surface area contributed by atoms with E-state index >= 15 is 0 Å². The number of imidazole rings is 1. The maximum atomic E-state index is 12.7. The van der Waals surface area contributed by atoms with E-state index in [0.717, 1.165) is 10.6 Å². The number of rotatable bonds is 5. The molecule has 3 heterocycles. The van der Waals surface area contributed by atoms with Gasteiger partial charge in [-0.05, 0) is 6.92 Å². The fraction of sp³-hybridized carbons (Fsp3) is 0.500. The topological polar surface area (TPSA) is 125 Å². The van der Waals surface area contributed by atoms with E-state index in [4.69, 9.17) is 10.8 Å². The van der Waals surface area contributed by atoms with Crippen molar-refractivity contribution in [3.63, 3.8) is 0 Å². The number of aliphatic imine (C=N–C) groups is 1. The van der Waals surface area contributed by atoms with Crippen molar-refractivity contribution in [2.75, 3.05) is 20.2 Å². The molecular weight excluding hydrogens is 316 g/mol. The number of carbonyl (C=O) groups is 3. The second-order valence-electron chi connectivity index (χ2n) is 5.81. The molecule has 24 heavy (non-hydrogen) atoms. The normalized spacial score (nSPS) is 19.5. The zero-order chi connectivity index (χ0) is 17.6. The Labute approximate surface area is 137 Å². The zero-order valence-corrected chi connectivity index (χ0v) is 13.5. The van der Waals surface area contributed by atoms with Gasteiger partial charge in [-0.15, -0.1) is 0 Å². The maximum Gasteiger partial charge on any atom is 0.401 e. The molecule has 3 N–H and O–H groups in total. The summed E-state index contributed by atoms with van der Waals surface area (Å²) >= 11 is 0. The summed E-state index contributed by atoms with van der Waals surface area (Å²) in [5, 5.41) is 9.03. The molecule has 1 fully saturated rings. The third-order valence-electron chi connectivity index (χ3n) is 4.18. The van der Waals surface area contributed by atoms with Crippen molar-refractivity contribution >= 4 is 29.6 Å². The van der Waals surface area contributed by atoms with Crippen molar-refractivity contribution in [1.29, 1.82) is 0 Å². The Kier molecular flexibility index (Phi) is 3.84. The number of aliphatic hydroxyl groups excluding tert-OH is 1. The maximum absolute atomic E-state index is 12.7. The minimum Gasteiger partial charge on any atom is -0.396 e. The van der Waals surface area contributed by atoms with Crippen molar-refractivity contribution in [2.45, 2.75) is 25.9 Å². The molecule has 0 saturated carbocycles. The number of aryl methyl sites for hydroxylation is 1. The molecule has 4 amide bonds. The van der Waals surface area contributed by atoms with Crippen LogP contribution in [0.15, 0.2) is 11.2 Å². The number of fused-ring (bicyclic) bond motifs is 3. The number of amidine groups is 1. The number of aliphatic hydroxyl groups is 1. The predicted octanol–water partition coefficient (Wildman–Crippen LogP) is -1.57. The lowest BCUT2D eigenvalue weighted by atomic mass is 10.1. The van der Waals surface area contributed by atoms with Crippen LogP contribution in [0.1, 0.15) is 18.2 Å². The Bertz CT molecular complexity index is 768. The number of hydrogen-bond donors (Lipinski definition) is 2. The number of nitrogens with zero attached hydrogens (tertiary/aromatic N) is 5. The summed E-state index contributed by atoms with van der Waals surface area (Å²) in [4.78, 5) is 42.7. The number of likely N-dealkylation sites (N-methyl/N-ethyl adjacent to an activating group) is 1. The monoisotopic (exact) mass is 335 g/mol. The molecule has 1 aromatic rings. The fourth-order valence-electron chi connectivity index (χ4n) is 3.04. The number of imide groups is 1. The number of nitrogens with two attached hydrogens (primary N) is 1. The Hall–Kier alpha value is -2.75. The standard InChI is InChI=1S/C14H18N6O4/c1-8-6-19-10-11(16-13(19)18(8)4-3-5-21)17(2)14(24)20(12(10)23)7-9(15)22/h6,10,21H,3-5,7H2,1-2H3,(H-,15,22)/p+1. The van der Waals surface area contributed by atoms with Gasteiger partial charge in [-0.1, -0.05) is 4.99 Å². The van der Waals surface area contributed by atoms with E-state index in [1.807, 2.05) is 11.5 Å². The van der Waals surface area contributed by atoms with Gasteiger partial charge in [0.2, 0.25) is 17.8 Å². The van der Waals surface area contributed by atoms with Gasteiger partial charge >= 0.3 is 12.0 Å². The van der Waals surface area contributed by atoms with Gasteiger partial charge in [-0.3, -0.25) is 19.4 Å². The van der Waals surface area contributed by atoms with E-state index in [0.29, 0.717) is 24.7 Å². The van der Waals surface area contributed by atoms with Crippen LogP contribution >= 0.6 is 0 Å². The average molecular weight is 335 g/mol. The molecule has 1 unspecified atom stereocenters. The van der Waals surface area contributed by atoms with Crippen LogP contribution in [0, 0.1) is 6.92 Å². The van der Waals surface area contributed by atoms with E-state index in [9.17, 15) is 14.4 Å². The number of urea groups is 1. The second-order valence-corrected chi connectivity index (χ2v) is 5.81. The highest BCUT2D eigenvalue weighted by molar-refractivity contribution is 6.19. The zero-order valence-electron chi connectivity index (χ0n) is 13.5. The first-order chi connectivity index (χ1) is 11.4. The van der Waals surface area contributed by atoms with Crippen molar-refractivity contribution in [2.24, 2.45) is 10.7 Å². The summed E-state index contributed by atoms with van der Waals surface area (Å²) in [7, 11) is 1.51. The molecule has 0 spiro atoms. The van der Waals surface area contributed by atoms with E-state index < -0.39 is 30.4 Å². The van der Waals surface area contributed by atoms with E-state index in [1.165, 1.54) is 11.9 Å². The van der Waals surface area contributed by atoms with Crippen LogP contribution in [-0.4, -0.2) is 63.4 Å². The smallest absolute Gasteiger partial charge is 0.396 e. The molecule has 1 aromatic heterocycles. The highest BCUT2D eigenvalue weighted by Crippen LogP contribution is 2.29. The quantitative estimate of drug-likeness (QED) is 0.631. The Morgan fingerprint density at radius 1 is 1.46 bits per heavy atom. The Morgan fingerprint density at radius 2 is 2.17 bits per heavy atom. The molecule has 10 heteroatoms. The van der Waals surface area contributed by atoms with Gasteiger partial charge in [-0.25, -0.2) is 13.9 Å². The molecule has 10 nitrogen and oxygen atoms in total. The molecule has 1 saturated heterocycles. The van der Waals surface area contributed by atoms with E-state index in [1.54, 1.807) is 10.8 Å². The average Bonchev–Trinajstić information content (AvgIpc) is 3.02. The van der Waals surface area contributed by atoms with Crippen LogP contribution in [-0.2, 0) is 16.1 Å². The summed E-state index contributed by atoms with van der Waals surface area (Å²) in [6, 6.07) is -1.42. The van der Waals surface area contributed by atoms with Gasteiger partial charge in [0.1, 0.15) is 18.4 Å². The van der Waals surface area contributed by atoms with Gasteiger partial charge in [-0.2, -0.15) is 0 Å². The molecule has 128 valence electrons. The van der Waals surface area contributed by atoms with E-state index in [-0.39, 0.29) is 6.61 Å². The second kappa shape index (κ2) is 5.71. The van der Waals surface area contributed by atoms with Crippen molar-refractivity contribution in [1.82, 2.24) is 14.4 Å². The van der Waals surface area contributed by atoms with Crippen molar-refractivity contribution < 1.29 is 24.1 Å². The summed E-state index contributed by atoms with van der Waals surface area (Å²) < 4.78 is 3.56. The molecule has 2 aliphatic heterocycles. The highest BCUT2D eigenvalue weighted by atomic mass is 16.3. The molecule has 0 aromatic carbocycles. The number of carbonyl (C=O) groups excluding carboxylic acids is 3. The first-order valence-corrected chi connectivity index (χ1v) is 7.55. The lowest BCUT2D eigenvalue weighted by Gasteiger charge is -2.32. The first kappa shape index (κ1) is 16.1. The number of amides is 4. The van der Waals surface area contributed by atoms with Crippen LogP contribution in [0.5, 0.6) is 0 Å². The minimum absolute atomic E-state index is 0.0424. The Balaban J connectivity index is 2.03. The van der Waals surface area contributed by atoms with Gasteiger partial charge in [0.25, 0.3) is 5.91 Å². The molecule has 0 bridgehead atoms.